The second-order valence-corrected chi connectivity index (χ2v) is 5.22. The van der Waals surface area contributed by atoms with Crippen LogP contribution < -0.4 is 0 Å². The van der Waals surface area contributed by atoms with Crippen LogP contribution >= 0.6 is 0 Å². The monoisotopic (exact) mass is 276 g/mol. The van der Waals surface area contributed by atoms with E-state index in [1.807, 2.05) is 0 Å². The summed E-state index contributed by atoms with van der Waals surface area (Å²) in [6.45, 7) is 5.06. The van der Waals surface area contributed by atoms with Gasteiger partial charge in [0.1, 0.15) is 5.82 Å². The first kappa shape index (κ1) is 14.5. The summed E-state index contributed by atoms with van der Waals surface area (Å²) in [5.74, 6) is 0.298. The van der Waals surface area contributed by atoms with Gasteiger partial charge in [0.2, 0.25) is 0 Å². The molecule has 0 saturated carbocycles. The minimum Gasteiger partial charge on any atom is -0.478 e. The molecule has 0 spiro atoms. The highest BCUT2D eigenvalue weighted by Gasteiger charge is 2.15. The number of carboxylic acid groups (broad SMARTS) is 1. The molecule has 5 nitrogen and oxygen atoms in total. The Morgan fingerprint density at radius 1 is 1.35 bits per heavy atom. The summed E-state index contributed by atoms with van der Waals surface area (Å²) in [4.78, 5) is 15.7. The van der Waals surface area contributed by atoms with Gasteiger partial charge in [-0.1, -0.05) is 13.8 Å². The second-order valence-electron chi connectivity index (χ2n) is 5.22. The molecular formula is C15H20N2O3. The second kappa shape index (κ2) is 6.05. The fraction of sp³-hybridized carbons (Fsp3) is 0.467. The predicted octanol–water partition coefficient (Wildman–Crippen LogP) is 2.63. The molecule has 5 heteroatoms. The van der Waals surface area contributed by atoms with Crippen molar-refractivity contribution in [3.8, 4) is 0 Å². The number of hydrogen-bond donors (Lipinski definition) is 2. The predicted molar refractivity (Wildman–Crippen MR) is 77.1 cm³/mol. The van der Waals surface area contributed by atoms with Crippen molar-refractivity contribution in [1.29, 1.82) is 0 Å². The Balaban J connectivity index is 2.49. The van der Waals surface area contributed by atoms with E-state index in [0.29, 0.717) is 0 Å². The lowest BCUT2D eigenvalue weighted by molar-refractivity contribution is 0.0697. The molecule has 2 rings (SSSR count). The molecule has 0 fully saturated rings. The molecular weight excluding hydrogens is 256 g/mol. The molecule has 0 bridgehead atoms. The van der Waals surface area contributed by atoms with Crippen LogP contribution in [0.15, 0.2) is 18.2 Å². The number of carbonyl (C=O) groups is 1. The minimum atomic E-state index is -0.930. The van der Waals surface area contributed by atoms with E-state index in [1.54, 1.807) is 18.2 Å². The number of aliphatic hydroxyl groups is 1. The lowest BCUT2D eigenvalue weighted by Gasteiger charge is -2.11. The molecule has 0 aliphatic rings. The Hall–Kier alpha value is -1.88. The first-order chi connectivity index (χ1) is 9.54. The number of aromatic nitrogens is 2. The third-order valence-electron chi connectivity index (χ3n) is 3.33. The molecule has 1 heterocycles. The van der Waals surface area contributed by atoms with Crippen LogP contribution in [0.25, 0.3) is 11.0 Å². The number of rotatable bonds is 6. The van der Waals surface area contributed by atoms with Gasteiger partial charge in [-0.25, -0.2) is 9.78 Å². The van der Waals surface area contributed by atoms with Crippen molar-refractivity contribution in [2.75, 3.05) is 6.61 Å². The van der Waals surface area contributed by atoms with Gasteiger partial charge in [-0.3, -0.25) is 0 Å². The van der Waals surface area contributed by atoms with E-state index in [2.05, 4.69) is 23.4 Å². The summed E-state index contributed by atoms with van der Waals surface area (Å²) in [6.07, 6.45) is 1.58. The first-order valence-corrected chi connectivity index (χ1v) is 6.89. The van der Waals surface area contributed by atoms with E-state index in [9.17, 15) is 4.79 Å². The number of hydrogen-bond acceptors (Lipinski definition) is 3. The highest BCUT2D eigenvalue weighted by atomic mass is 16.4. The van der Waals surface area contributed by atoms with E-state index in [1.165, 1.54) is 0 Å². The lowest BCUT2D eigenvalue weighted by atomic mass is 10.2. The van der Waals surface area contributed by atoms with Crippen molar-refractivity contribution in [2.45, 2.75) is 39.2 Å². The van der Waals surface area contributed by atoms with Crippen molar-refractivity contribution >= 4 is 17.0 Å². The lowest BCUT2D eigenvalue weighted by Crippen LogP contribution is -2.06. The number of aromatic carboxylic acids is 1. The van der Waals surface area contributed by atoms with Gasteiger partial charge in [-0.05, 0) is 31.0 Å². The van der Waals surface area contributed by atoms with Crippen LogP contribution in [-0.2, 0) is 6.54 Å². The highest BCUT2D eigenvalue weighted by Crippen LogP contribution is 2.23. The average molecular weight is 276 g/mol. The van der Waals surface area contributed by atoms with Crippen molar-refractivity contribution < 1.29 is 15.0 Å². The fourth-order valence-corrected chi connectivity index (χ4v) is 2.33. The number of unbranched alkanes of at least 4 members (excludes halogenated alkanes) is 1. The van der Waals surface area contributed by atoms with E-state index >= 15 is 0 Å². The van der Waals surface area contributed by atoms with Crippen molar-refractivity contribution in [3.63, 3.8) is 0 Å². The summed E-state index contributed by atoms with van der Waals surface area (Å²) in [7, 11) is 0. The third kappa shape index (κ3) is 2.82. The van der Waals surface area contributed by atoms with E-state index < -0.39 is 5.97 Å². The van der Waals surface area contributed by atoms with Gasteiger partial charge in [0, 0.05) is 19.1 Å². The highest BCUT2D eigenvalue weighted by molar-refractivity contribution is 5.92. The molecule has 0 amide bonds. The molecule has 0 saturated heterocycles. The van der Waals surface area contributed by atoms with Crippen LogP contribution in [0.3, 0.4) is 0 Å². The largest absolute Gasteiger partial charge is 0.478 e. The van der Waals surface area contributed by atoms with Crippen LogP contribution in [-0.4, -0.2) is 32.3 Å². The smallest absolute Gasteiger partial charge is 0.335 e. The summed E-state index contributed by atoms with van der Waals surface area (Å²) in [5.41, 5.74) is 1.95. The van der Waals surface area contributed by atoms with Gasteiger partial charge >= 0.3 is 5.97 Å². The number of carboxylic acids is 1. The number of aryl methyl sites for hydroxylation is 1. The normalized spacial score (nSPS) is 11.4. The Bertz CT molecular complexity index is 617. The summed E-state index contributed by atoms with van der Waals surface area (Å²) in [6, 6.07) is 5.02. The summed E-state index contributed by atoms with van der Waals surface area (Å²) in [5, 5.41) is 18.0. The molecule has 0 aliphatic carbocycles. The SMILES string of the molecule is CC(C)c1nc2ccc(C(=O)O)cc2n1CCCCO. The molecule has 0 atom stereocenters. The molecule has 2 N–H and O–H groups in total. The zero-order valence-electron chi connectivity index (χ0n) is 11.8. The zero-order valence-corrected chi connectivity index (χ0v) is 11.8. The maximum Gasteiger partial charge on any atom is 0.335 e. The zero-order chi connectivity index (χ0) is 14.7. The van der Waals surface area contributed by atoms with Crippen molar-refractivity contribution in [1.82, 2.24) is 9.55 Å². The number of aliphatic hydroxyl groups excluding tert-OH is 1. The van der Waals surface area contributed by atoms with Gasteiger partial charge in [0.15, 0.2) is 0 Å². The Morgan fingerprint density at radius 2 is 2.10 bits per heavy atom. The van der Waals surface area contributed by atoms with E-state index in [4.69, 9.17) is 10.2 Å². The van der Waals surface area contributed by atoms with E-state index in [-0.39, 0.29) is 18.1 Å². The van der Waals surface area contributed by atoms with Gasteiger partial charge < -0.3 is 14.8 Å². The molecule has 2 aromatic rings. The number of nitrogens with zero attached hydrogens (tertiary/aromatic N) is 2. The van der Waals surface area contributed by atoms with Crippen LogP contribution in [0.2, 0.25) is 0 Å². The standard InChI is InChI=1S/C15H20N2O3/c1-10(2)14-16-12-6-5-11(15(19)20)9-13(12)17(14)7-3-4-8-18/h5-6,9-10,18H,3-4,7-8H2,1-2H3,(H,19,20). The van der Waals surface area contributed by atoms with Crippen molar-refractivity contribution in [2.24, 2.45) is 0 Å². The maximum absolute atomic E-state index is 11.1. The van der Waals surface area contributed by atoms with Crippen LogP contribution in [0.1, 0.15) is 48.8 Å². The molecule has 0 aliphatic heterocycles. The molecule has 1 aromatic heterocycles. The first-order valence-electron chi connectivity index (χ1n) is 6.89. The Labute approximate surface area is 117 Å². The van der Waals surface area contributed by atoms with Gasteiger partial charge in [0.05, 0.1) is 16.6 Å². The number of benzene rings is 1. The molecule has 0 radical (unpaired) electrons. The molecule has 20 heavy (non-hydrogen) atoms. The van der Waals surface area contributed by atoms with Gasteiger partial charge in [-0.2, -0.15) is 0 Å². The Morgan fingerprint density at radius 3 is 2.70 bits per heavy atom. The van der Waals surface area contributed by atoms with Gasteiger partial charge in [-0.15, -0.1) is 0 Å². The summed E-state index contributed by atoms with van der Waals surface area (Å²) >= 11 is 0. The van der Waals surface area contributed by atoms with Crippen LogP contribution in [0.4, 0.5) is 0 Å². The average Bonchev–Trinajstić information content (AvgIpc) is 2.77. The minimum absolute atomic E-state index is 0.171. The molecule has 1 aromatic carbocycles. The summed E-state index contributed by atoms with van der Waals surface area (Å²) < 4.78 is 2.07. The topological polar surface area (TPSA) is 75.3 Å². The van der Waals surface area contributed by atoms with Crippen molar-refractivity contribution in [3.05, 3.63) is 29.6 Å². The maximum atomic E-state index is 11.1. The van der Waals surface area contributed by atoms with E-state index in [0.717, 1.165) is 36.2 Å². The number of imidazole rings is 1. The molecule has 0 unspecified atom stereocenters. The fourth-order valence-electron chi connectivity index (χ4n) is 2.33. The number of fused-ring (bicyclic) bond motifs is 1. The van der Waals surface area contributed by atoms with Gasteiger partial charge in [0.25, 0.3) is 0 Å². The van der Waals surface area contributed by atoms with Crippen LogP contribution in [0, 0.1) is 0 Å². The third-order valence-corrected chi connectivity index (χ3v) is 3.33. The Kier molecular flexibility index (Phi) is 4.39. The molecule has 108 valence electrons. The quantitative estimate of drug-likeness (QED) is 0.795. The van der Waals surface area contributed by atoms with Crippen LogP contribution in [0.5, 0.6) is 0 Å².